The van der Waals surface area contributed by atoms with Crippen molar-refractivity contribution in [1.82, 2.24) is 0 Å². The van der Waals surface area contributed by atoms with E-state index in [2.05, 4.69) is 46.4 Å². The van der Waals surface area contributed by atoms with E-state index in [9.17, 15) is 15.3 Å². The van der Waals surface area contributed by atoms with E-state index in [1.807, 2.05) is 0 Å². The molecule has 0 unspecified atom stereocenters. The van der Waals surface area contributed by atoms with Gasteiger partial charge in [-0.2, -0.15) is 0 Å². The van der Waals surface area contributed by atoms with Crippen LogP contribution in [0.15, 0.2) is 35.5 Å². The van der Waals surface area contributed by atoms with Crippen molar-refractivity contribution in [3.8, 4) is 0 Å². The summed E-state index contributed by atoms with van der Waals surface area (Å²) in [7, 11) is 0. The molecule has 0 heterocycles. The summed E-state index contributed by atoms with van der Waals surface area (Å²) in [5.41, 5.74) is 3.34. The molecule has 3 aliphatic carbocycles. The molecule has 0 aromatic carbocycles. The van der Waals surface area contributed by atoms with Gasteiger partial charge in [0.25, 0.3) is 0 Å². The zero-order valence-corrected chi connectivity index (χ0v) is 22.5. The van der Waals surface area contributed by atoms with Gasteiger partial charge in [-0.05, 0) is 92.1 Å². The third-order valence-electron chi connectivity index (χ3n) is 10.1. The smallest absolute Gasteiger partial charge is 0.0811 e. The molecule has 0 aromatic rings. The number of fused-ring (bicyclic) bond motifs is 1. The molecule has 0 saturated heterocycles. The van der Waals surface area contributed by atoms with Crippen LogP contribution >= 0.6 is 0 Å². The largest absolute Gasteiger partial charge is 0.393 e. The Morgan fingerprint density at radius 1 is 1.12 bits per heavy atom. The molecule has 194 valence electrons. The van der Waals surface area contributed by atoms with Gasteiger partial charge >= 0.3 is 0 Å². The normalized spacial score (nSPS) is 35.7. The molecule has 3 N–H and O–H groups in total. The summed E-state index contributed by atoms with van der Waals surface area (Å²) in [4.78, 5) is 0. The minimum atomic E-state index is -0.612. The number of hydrogen-bond acceptors (Lipinski definition) is 3. The van der Waals surface area contributed by atoms with Crippen LogP contribution in [0.2, 0.25) is 0 Å². The highest BCUT2D eigenvalue weighted by molar-refractivity contribution is 5.38. The van der Waals surface area contributed by atoms with Crippen LogP contribution in [-0.2, 0) is 0 Å². The van der Waals surface area contributed by atoms with Gasteiger partial charge in [0.05, 0.1) is 17.8 Å². The fourth-order valence-electron chi connectivity index (χ4n) is 7.58. The SMILES string of the molecule is C=C1/C(=C\C=C2/CCC[C@]3(C)[C@@H]([C@H](C)CCCCCC(O)(CC)CC)CC[C@@H]23)C[C@@H](O)C[C@@H]1O. The molecule has 0 aliphatic heterocycles. The van der Waals surface area contributed by atoms with Crippen molar-refractivity contribution >= 4 is 0 Å². The lowest BCUT2D eigenvalue weighted by molar-refractivity contribution is 0.0209. The molecule has 0 aromatic heterocycles. The Morgan fingerprint density at radius 3 is 2.56 bits per heavy atom. The van der Waals surface area contributed by atoms with Crippen LogP contribution in [-0.4, -0.2) is 33.1 Å². The summed E-state index contributed by atoms with van der Waals surface area (Å²) >= 11 is 0. The van der Waals surface area contributed by atoms with Gasteiger partial charge < -0.3 is 15.3 Å². The minimum Gasteiger partial charge on any atom is -0.393 e. The topological polar surface area (TPSA) is 60.7 Å². The third-order valence-corrected chi connectivity index (χ3v) is 10.1. The van der Waals surface area contributed by atoms with Crippen molar-refractivity contribution in [1.29, 1.82) is 0 Å². The number of aliphatic hydroxyl groups excluding tert-OH is 2. The molecule has 3 nitrogen and oxygen atoms in total. The lowest BCUT2D eigenvalue weighted by Crippen LogP contribution is -2.36. The van der Waals surface area contributed by atoms with E-state index in [4.69, 9.17) is 0 Å². The van der Waals surface area contributed by atoms with Crippen molar-refractivity contribution in [2.75, 3.05) is 0 Å². The predicted octanol–water partition coefficient (Wildman–Crippen LogP) is 7.27. The van der Waals surface area contributed by atoms with E-state index in [1.54, 1.807) is 5.57 Å². The molecule has 3 saturated carbocycles. The van der Waals surface area contributed by atoms with Crippen LogP contribution in [0.3, 0.4) is 0 Å². The molecule has 0 radical (unpaired) electrons. The zero-order valence-electron chi connectivity index (χ0n) is 22.5. The number of hydrogen-bond donors (Lipinski definition) is 3. The maximum atomic E-state index is 10.5. The Labute approximate surface area is 209 Å². The highest BCUT2D eigenvalue weighted by Gasteiger charge is 2.50. The second kappa shape index (κ2) is 11.9. The van der Waals surface area contributed by atoms with Crippen LogP contribution in [0.5, 0.6) is 0 Å². The van der Waals surface area contributed by atoms with Gasteiger partial charge in [0.2, 0.25) is 0 Å². The quantitative estimate of drug-likeness (QED) is 0.293. The summed E-state index contributed by atoms with van der Waals surface area (Å²) < 4.78 is 0. The van der Waals surface area contributed by atoms with Gasteiger partial charge in [-0.15, -0.1) is 0 Å². The van der Waals surface area contributed by atoms with E-state index in [1.165, 1.54) is 51.4 Å². The monoisotopic (exact) mass is 472 g/mol. The fraction of sp³-hybridized carbons (Fsp3) is 0.806. The van der Waals surface area contributed by atoms with E-state index >= 15 is 0 Å². The molecule has 6 atom stereocenters. The number of rotatable bonds is 10. The van der Waals surface area contributed by atoms with Crippen LogP contribution in [0.25, 0.3) is 0 Å². The molecule has 34 heavy (non-hydrogen) atoms. The number of allylic oxidation sites excluding steroid dienone is 3. The maximum absolute atomic E-state index is 10.5. The van der Waals surface area contributed by atoms with E-state index in [0.717, 1.165) is 48.7 Å². The molecular formula is C31H52O3. The Bertz CT molecular complexity index is 746. The maximum Gasteiger partial charge on any atom is 0.0811 e. The molecule has 0 spiro atoms. The first-order valence-electron chi connectivity index (χ1n) is 14.3. The second-order valence-corrected chi connectivity index (χ2v) is 12.2. The van der Waals surface area contributed by atoms with Crippen LogP contribution < -0.4 is 0 Å². The van der Waals surface area contributed by atoms with Gasteiger partial charge in [-0.25, -0.2) is 0 Å². The summed E-state index contributed by atoms with van der Waals surface area (Å²) in [5, 5.41) is 30.8. The highest BCUT2D eigenvalue weighted by Crippen LogP contribution is 2.60. The number of unbranched alkanes of at least 4 members (excludes halogenated alkanes) is 2. The number of aliphatic hydroxyl groups is 3. The van der Waals surface area contributed by atoms with Crippen molar-refractivity contribution < 1.29 is 15.3 Å². The molecular weight excluding hydrogens is 420 g/mol. The van der Waals surface area contributed by atoms with Crippen molar-refractivity contribution in [3.63, 3.8) is 0 Å². The van der Waals surface area contributed by atoms with E-state index < -0.39 is 17.8 Å². The first kappa shape index (κ1) is 27.7. The van der Waals surface area contributed by atoms with Crippen molar-refractivity contribution in [2.24, 2.45) is 23.2 Å². The Balaban J connectivity index is 1.58. The van der Waals surface area contributed by atoms with Crippen molar-refractivity contribution in [3.05, 3.63) is 35.5 Å². The average Bonchev–Trinajstić information content (AvgIpc) is 3.17. The fourth-order valence-corrected chi connectivity index (χ4v) is 7.58. The molecule has 3 rings (SSSR count). The van der Waals surface area contributed by atoms with Crippen molar-refractivity contribution in [2.45, 2.75) is 135 Å². The summed E-state index contributed by atoms with van der Waals surface area (Å²) in [6, 6.07) is 0. The molecule has 3 fully saturated rings. The Hall–Kier alpha value is -0.900. The lowest BCUT2D eigenvalue weighted by atomic mass is 9.60. The van der Waals surface area contributed by atoms with Gasteiger partial charge in [-0.1, -0.05) is 77.7 Å². The van der Waals surface area contributed by atoms with Gasteiger partial charge in [0.1, 0.15) is 0 Å². The summed E-state index contributed by atoms with van der Waals surface area (Å²) in [6.07, 6.45) is 18.5. The predicted molar refractivity (Wildman–Crippen MR) is 143 cm³/mol. The van der Waals surface area contributed by atoms with Crippen LogP contribution in [0.4, 0.5) is 0 Å². The standard InChI is InChI=1S/C31H52O3/c1-6-31(34,7-2)19-10-8-9-12-22(3)27-16-17-28-24(13-11-18-30(27,28)5)14-15-25-20-26(32)21-29(33)23(25)4/h14-15,22,26-29,32-34H,4,6-13,16-21H2,1-3,5H3/b24-14+,25-15-/t22-,26-,27-,28+,29+,30-/m1/s1. The van der Waals surface area contributed by atoms with Gasteiger partial charge in [-0.3, -0.25) is 0 Å². The van der Waals surface area contributed by atoms with E-state index in [0.29, 0.717) is 24.2 Å². The lowest BCUT2D eigenvalue weighted by Gasteiger charge is -2.44. The second-order valence-electron chi connectivity index (χ2n) is 12.2. The summed E-state index contributed by atoms with van der Waals surface area (Å²) in [6.45, 7) is 13.3. The van der Waals surface area contributed by atoms with Gasteiger partial charge in [0.15, 0.2) is 0 Å². The molecule has 3 heteroatoms. The molecule has 0 bridgehead atoms. The van der Waals surface area contributed by atoms with E-state index in [-0.39, 0.29) is 0 Å². The average molecular weight is 473 g/mol. The Kier molecular flexibility index (Phi) is 9.68. The third kappa shape index (κ3) is 6.26. The van der Waals surface area contributed by atoms with Gasteiger partial charge in [0, 0.05) is 6.42 Å². The minimum absolute atomic E-state index is 0.398. The summed E-state index contributed by atoms with van der Waals surface area (Å²) in [5.74, 6) is 2.22. The van der Waals surface area contributed by atoms with Crippen LogP contribution in [0, 0.1) is 23.2 Å². The molecule has 0 amide bonds. The first-order chi connectivity index (χ1) is 16.1. The first-order valence-corrected chi connectivity index (χ1v) is 14.3. The molecule has 3 aliphatic rings. The van der Waals surface area contributed by atoms with Crippen LogP contribution in [0.1, 0.15) is 118 Å². The highest BCUT2D eigenvalue weighted by atomic mass is 16.3. The Morgan fingerprint density at radius 2 is 1.85 bits per heavy atom. The zero-order chi connectivity index (χ0) is 24.9.